The Balaban J connectivity index is 1.99. The average Bonchev–Trinajstić information content (AvgIpc) is 2.83. The highest BCUT2D eigenvalue weighted by Crippen LogP contribution is 2.31. The van der Waals surface area contributed by atoms with Gasteiger partial charge in [0.1, 0.15) is 5.82 Å². The summed E-state index contributed by atoms with van der Waals surface area (Å²) in [6.45, 7) is 3.98. The van der Waals surface area contributed by atoms with Gasteiger partial charge in [-0.2, -0.15) is 0 Å². The second-order valence-corrected chi connectivity index (χ2v) is 5.79. The van der Waals surface area contributed by atoms with Crippen LogP contribution in [-0.4, -0.2) is 30.1 Å². The van der Waals surface area contributed by atoms with E-state index in [1.54, 1.807) is 6.20 Å². The minimum Gasteiger partial charge on any atom is -0.374 e. The molecule has 0 saturated carbocycles. The smallest absolute Gasteiger partial charge is 0.161 e. The van der Waals surface area contributed by atoms with Crippen LogP contribution in [0.3, 0.4) is 0 Å². The van der Waals surface area contributed by atoms with Crippen molar-refractivity contribution in [2.75, 3.05) is 30.4 Å². The summed E-state index contributed by atoms with van der Waals surface area (Å²) >= 11 is 3.47. The Bertz CT molecular complexity index is 642. The van der Waals surface area contributed by atoms with Crippen LogP contribution in [0.5, 0.6) is 0 Å². The molecular formula is C15H17BrN4. The molecular weight excluding hydrogens is 316 g/mol. The summed E-state index contributed by atoms with van der Waals surface area (Å²) in [5, 5.41) is 3.24. The third-order valence-electron chi connectivity index (χ3n) is 3.55. The lowest BCUT2D eigenvalue weighted by molar-refractivity contribution is 0.956. The number of halogens is 1. The number of nitrogens with one attached hydrogen (secondary N) is 1. The number of rotatable bonds is 3. The fraction of sp³-hybridized carbons (Fsp3) is 0.333. The van der Waals surface area contributed by atoms with Crippen molar-refractivity contribution in [2.24, 2.45) is 0 Å². The predicted molar refractivity (Wildman–Crippen MR) is 86.3 cm³/mol. The van der Waals surface area contributed by atoms with Gasteiger partial charge in [-0.25, -0.2) is 9.97 Å². The first-order chi connectivity index (χ1) is 9.69. The zero-order chi connectivity index (χ0) is 14.1. The van der Waals surface area contributed by atoms with E-state index in [1.165, 1.54) is 11.3 Å². The summed E-state index contributed by atoms with van der Waals surface area (Å²) < 4.78 is 0.893. The van der Waals surface area contributed by atoms with Crippen molar-refractivity contribution in [1.82, 2.24) is 9.97 Å². The molecule has 0 aliphatic carbocycles. The van der Waals surface area contributed by atoms with Crippen LogP contribution in [0.4, 0.5) is 11.5 Å². The lowest BCUT2D eigenvalue weighted by Gasteiger charge is -2.12. The van der Waals surface area contributed by atoms with Gasteiger partial charge in [0.25, 0.3) is 0 Å². The van der Waals surface area contributed by atoms with Crippen molar-refractivity contribution in [3.05, 3.63) is 34.4 Å². The zero-order valence-corrected chi connectivity index (χ0v) is 13.2. The first kappa shape index (κ1) is 13.4. The van der Waals surface area contributed by atoms with E-state index < -0.39 is 0 Å². The quantitative estimate of drug-likeness (QED) is 0.935. The minimum atomic E-state index is 0.765. The van der Waals surface area contributed by atoms with Gasteiger partial charge in [-0.3, -0.25) is 0 Å². The molecule has 0 amide bonds. The van der Waals surface area contributed by atoms with Crippen LogP contribution < -0.4 is 10.2 Å². The standard InChI is InChI=1S/C15H17BrN4/c1-3-17-15-12(16)9-18-14(19-15)11-4-5-13-10(8-11)6-7-20(13)2/h4-5,8-9H,3,6-7H2,1-2H3,(H,17,18,19). The van der Waals surface area contributed by atoms with Crippen LogP contribution >= 0.6 is 15.9 Å². The average molecular weight is 333 g/mol. The van der Waals surface area contributed by atoms with Gasteiger partial charge in [0.2, 0.25) is 0 Å². The third-order valence-corrected chi connectivity index (χ3v) is 4.13. The molecule has 2 heterocycles. The molecule has 0 unspecified atom stereocenters. The molecule has 0 bridgehead atoms. The summed E-state index contributed by atoms with van der Waals surface area (Å²) in [5.41, 5.74) is 3.77. The van der Waals surface area contributed by atoms with Crippen molar-refractivity contribution in [3.8, 4) is 11.4 Å². The highest BCUT2D eigenvalue weighted by Gasteiger charge is 2.17. The Morgan fingerprint density at radius 2 is 2.25 bits per heavy atom. The highest BCUT2D eigenvalue weighted by atomic mass is 79.9. The number of benzene rings is 1. The molecule has 0 radical (unpaired) electrons. The van der Waals surface area contributed by atoms with Gasteiger partial charge in [-0.05, 0) is 53.0 Å². The largest absolute Gasteiger partial charge is 0.374 e. The molecule has 1 N–H and O–H groups in total. The number of anilines is 2. The normalized spacial score (nSPS) is 13.4. The summed E-state index contributed by atoms with van der Waals surface area (Å²) in [6.07, 6.45) is 2.90. The van der Waals surface area contributed by atoms with Crippen LogP contribution in [0.15, 0.2) is 28.9 Å². The molecule has 1 aliphatic heterocycles. The molecule has 20 heavy (non-hydrogen) atoms. The van der Waals surface area contributed by atoms with Crippen LogP contribution in [0.25, 0.3) is 11.4 Å². The van der Waals surface area contributed by atoms with Gasteiger partial charge in [0.05, 0.1) is 4.47 Å². The Morgan fingerprint density at radius 1 is 1.40 bits per heavy atom. The monoisotopic (exact) mass is 332 g/mol. The Labute approximate surface area is 127 Å². The van der Waals surface area contributed by atoms with Crippen molar-refractivity contribution in [3.63, 3.8) is 0 Å². The third kappa shape index (κ3) is 2.38. The Hall–Kier alpha value is -1.62. The van der Waals surface area contributed by atoms with E-state index in [0.29, 0.717) is 0 Å². The maximum Gasteiger partial charge on any atom is 0.161 e. The minimum absolute atomic E-state index is 0.765. The van der Waals surface area contributed by atoms with Crippen molar-refractivity contribution in [2.45, 2.75) is 13.3 Å². The molecule has 4 nitrogen and oxygen atoms in total. The maximum atomic E-state index is 4.59. The van der Waals surface area contributed by atoms with E-state index in [0.717, 1.165) is 41.2 Å². The molecule has 3 rings (SSSR count). The maximum absolute atomic E-state index is 4.59. The summed E-state index contributed by atoms with van der Waals surface area (Å²) in [5.74, 6) is 1.61. The van der Waals surface area contributed by atoms with Gasteiger partial charge in [-0.1, -0.05) is 0 Å². The van der Waals surface area contributed by atoms with Crippen LogP contribution in [-0.2, 0) is 6.42 Å². The number of hydrogen-bond acceptors (Lipinski definition) is 4. The van der Waals surface area contributed by atoms with E-state index in [-0.39, 0.29) is 0 Å². The Morgan fingerprint density at radius 3 is 3.05 bits per heavy atom. The van der Waals surface area contributed by atoms with E-state index in [1.807, 2.05) is 0 Å². The zero-order valence-electron chi connectivity index (χ0n) is 11.7. The fourth-order valence-electron chi connectivity index (χ4n) is 2.50. The number of aromatic nitrogens is 2. The number of hydrogen-bond donors (Lipinski definition) is 1. The van der Waals surface area contributed by atoms with Crippen molar-refractivity contribution in [1.29, 1.82) is 0 Å². The molecule has 1 aromatic heterocycles. The van der Waals surface area contributed by atoms with Crippen molar-refractivity contribution < 1.29 is 0 Å². The van der Waals surface area contributed by atoms with Gasteiger partial charge in [0.15, 0.2) is 5.82 Å². The molecule has 0 spiro atoms. The van der Waals surface area contributed by atoms with Crippen LogP contribution in [0, 0.1) is 0 Å². The number of fused-ring (bicyclic) bond motifs is 1. The number of likely N-dealkylation sites (N-methyl/N-ethyl adjacent to an activating group) is 1. The molecule has 0 saturated heterocycles. The number of nitrogens with zero attached hydrogens (tertiary/aromatic N) is 3. The highest BCUT2D eigenvalue weighted by molar-refractivity contribution is 9.10. The van der Waals surface area contributed by atoms with Crippen LogP contribution in [0.2, 0.25) is 0 Å². The molecule has 5 heteroatoms. The molecule has 0 fully saturated rings. The van der Waals surface area contributed by atoms with E-state index in [2.05, 4.69) is 68.3 Å². The first-order valence-corrected chi connectivity index (χ1v) is 7.59. The lowest BCUT2D eigenvalue weighted by Crippen LogP contribution is -2.12. The summed E-state index contributed by atoms with van der Waals surface area (Å²) in [7, 11) is 2.13. The molecule has 1 aliphatic rings. The molecule has 1 aromatic carbocycles. The van der Waals surface area contributed by atoms with E-state index in [4.69, 9.17) is 0 Å². The lowest BCUT2D eigenvalue weighted by atomic mass is 10.1. The van der Waals surface area contributed by atoms with Crippen molar-refractivity contribution >= 4 is 27.4 Å². The van der Waals surface area contributed by atoms with E-state index >= 15 is 0 Å². The van der Waals surface area contributed by atoms with Gasteiger partial charge in [-0.15, -0.1) is 0 Å². The van der Waals surface area contributed by atoms with Gasteiger partial charge >= 0.3 is 0 Å². The predicted octanol–water partition coefficient (Wildman–Crippen LogP) is 3.33. The topological polar surface area (TPSA) is 41.1 Å². The Kier molecular flexibility index (Phi) is 3.61. The second kappa shape index (κ2) is 5.40. The van der Waals surface area contributed by atoms with E-state index in [9.17, 15) is 0 Å². The van der Waals surface area contributed by atoms with Crippen LogP contribution in [0.1, 0.15) is 12.5 Å². The fourth-order valence-corrected chi connectivity index (χ4v) is 2.83. The van der Waals surface area contributed by atoms with Gasteiger partial charge < -0.3 is 10.2 Å². The second-order valence-electron chi connectivity index (χ2n) is 4.94. The SMILES string of the molecule is CCNc1nc(-c2ccc3c(c2)CCN3C)ncc1Br. The first-order valence-electron chi connectivity index (χ1n) is 6.80. The molecule has 2 aromatic rings. The van der Waals surface area contributed by atoms with Gasteiger partial charge in [0, 0.05) is 37.6 Å². The summed E-state index contributed by atoms with van der Waals surface area (Å²) in [6, 6.07) is 6.47. The summed E-state index contributed by atoms with van der Waals surface area (Å²) in [4.78, 5) is 11.3. The molecule has 0 atom stereocenters. The molecule has 104 valence electrons.